The van der Waals surface area contributed by atoms with Gasteiger partial charge in [0, 0.05) is 76.5 Å². The maximum Gasteiger partial charge on any atom is 0.253 e. The summed E-state index contributed by atoms with van der Waals surface area (Å²) in [6.45, 7) is 1.75. The minimum atomic E-state index is -2.57. The lowest BCUT2D eigenvalue weighted by Crippen LogP contribution is -2.32. The number of nitrogens with one attached hydrogen (secondary N) is 1. The van der Waals surface area contributed by atoms with Crippen LogP contribution in [0.1, 0.15) is 31.2 Å². The van der Waals surface area contributed by atoms with Crippen molar-refractivity contribution in [1.82, 2.24) is 4.57 Å². The van der Waals surface area contributed by atoms with Gasteiger partial charge in [-0.25, -0.2) is 8.78 Å². The van der Waals surface area contributed by atoms with Gasteiger partial charge in [0.25, 0.3) is 5.56 Å². The Morgan fingerprint density at radius 1 is 1.22 bits per heavy atom. The molecule has 27 heavy (non-hydrogen) atoms. The number of hydrogen-bond acceptors (Lipinski definition) is 3. The summed E-state index contributed by atoms with van der Waals surface area (Å²) >= 11 is 0. The van der Waals surface area contributed by atoms with Gasteiger partial charge in [-0.1, -0.05) is 0 Å². The summed E-state index contributed by atoms with van der Waals surface area (Å²) in [5, 5.41) is 3.39. The summed E-state index contributed by atoms with van der Waals surface area (Å²) in [5.41, 5.74) is 2.99. The van der Waals surface area contributed by atoms with Gasteiger partial charge in [0.15, 0.2) is 0 Å². The van der Waals surface area contributed by atoms with Crippen molar-refractivity contribution in [2.75, 3.05) is 11.6 Å². The summed E-state index contributed by atoms with van der Waals surface area (Å²) < 4.78 is 40.3. The number of pyridine rings is 1. The molecule has 1 fully saturated rings. The molecule has 0 aliphatic heterocycles. The number of halogens is 2. The molecule has 1 unspecified atom stereocenters. The number of nitrogens with zero attached hydrogens (tertiary/aromatic N) is 1. The van der Waals surface area contributed by atoms with Gasteiger partial charge in [-0.2, -0.15) is 0 Å². The molecule has 0 amide bonds. The first-order valence-corrected chi connectivity index (χ1v) is 10.5. The number of alkyl halides is 2. The molecule has 4 nitrogen and oxygen atoms in total. The second kappa shape index (κ2) is 7.54. The van der Waals surface area contributed by atoms with E-state index in [0.29, 0.717) is 23.3 Å². The summed E-state index contributed by atoms with van der Waals surface area (Å²) in [6.07, 6.45) is 3.93. The van der Waals surface area contributed by atoms with Gasteiger partial charge in [-0.15, -0.1) is 0 Å². The SMILES string of the molecule is Cc1cc(-c2cc(S(C)=O)ccc2NC2CCC(F)(F)CC2)cn(C)c1=O. The maximum absolute atomic E-state index is 13.4. The van der Waals surface area contributed by atoms with E-state index in [1.165, 1.54) is 4.57 Å². The molecule has 1 aliphatic carbocycles. The lowest BCUT2D eigenvalue weighted by atomic mass is 9.91. The zero-order chi connectivity index (χ0) is 19.8. The minimum Gasteiger partial charge on any atom is -0.382 e. The highest BCUT2D eigenvalue weighted by atomic mass is 32.2. The predicted octanol–water partition coefficient (Wildman–Crippen LogP) is 4.09. The lowest BCUT2D eigenvalue weighted by Gasteiger charge is -2.30. The highest BCUT2D eigenvalue weighted by molar-refractivity contribution is 7.84. The summed E-state index contributed by atoms with van der Waals surface area (Å²) in [5.74, 6) is -2.57. The minimum absolute atomic E-state index is 0.0324. The van der Waals surface area contributed by atoms with Gasteiger partial charge >= 0.3 is 0 Å². The number of aromatic nitrogens is 1. The smallest absolute Gasteiger partial charge is 0.253 e. The zero-order valence-corrected chi connectivity index (χ0v) is 16.5. The van der Waals surface area contributed by atoms with Gasteiger partial charge in [0.05, 0.1) is 0 Å². The first-order valence-electron chi connectivity index (χ1n) is 8.96. The Bertz CT molecular complexity index is 904. The van der Waals surface area contributed by atoms with Crippen LogP contribution in [0.3, 0.4) is 0 Å². The van der Waals surface area contributed by atoms with Crippen LogP contribution in [0.2, 0.25) is 0 Å². The van der Waals surface area contributed by atoms with E-state index in [0.717, 1.165) is 16.8 Å². The maximum atomic E-state index is 13.4. The molecule has 1 aliphatic rings. The van der Waals surface area contributed by atoms with Gasteiger partial charge in [0.1, 0.15) is 0 Å². The van der Waals surface area contributed by atoms with Gasteiger partial charge in [0.2, 0.25) is 5.92 Å². The van der Waals surface area contributed by atoms with Crippen molar-refractivity contribution in [2.24, 2.45) is 7.05 Å². The van der Waals surface area contributed by atoms with Crippen LogP contribution in [0.5, 0.6) is 0 Å². The Morgan fingerprint density at radius 3 is 2.48 bits per heavy atom. The Hall–Kier alpha value is -2.02. The number of aryl methyl sites for hydroxylation is 2. The van der Waals surface area contributed by atoms with E-state index in [4.69, 9.17) is 0 Å². The van der Waals surface area contributed by atoms with E-state index in [2.05, 4.69) is 5.32 Å². The Labute approximate surface area is 160 Å². The van der Waals surface area contributed by atoms with E-state index < -0.39 is 16.7 Å². The molecule has 0 saturated heterocycles. The van der Waals surface area contributed by atoms with Crippen molar-refractivity contribution < 1.29 is 13.0 Å². The van der Waals surface area contributed by atoms with Gasteiger partial charge in [-0.3, -0.25) is 9.00 Å². The average Bonchev–Trinajstić information content (AvgIpc) is 2.61. The standard InChI is InChI=1S/C20H24F2N2O2S/c1-13-10-14(12-24(2)19(13)25)17-11-16(27(3)26)4-5-18(17)23-15-6-8-20(21,22)9-7-15/h4-5,10-12,15,23H,6-9H2,1-3H3. The van der Waals surface area contributed by atoms with Crippen LogP contribution in [-0.4, -0.2) is 27.0 Å². The average molecular weight is 394 g/mol. The van der Waals surface area contributed by atoms with Crippen LogP contribution in [0.4, 0.5) is 14.5 Å². The fourth-order valence-electron chi connectivity index (χ4n) is 3.50. The normalized spacial score (nSPS) is 18.3. The first kappa shape index (κ1) is 19.7. The number of benzene rings is 1. The first-order chi connectivity index (χ1) is 12.7. The molecular formula is C20H24F2N2O2S. The third kappa shape index (κ3) is 4.46. The quantitative estimate of drug-likeness (QED) is 0.850. The molecule has 2 aromatic rings. The van der Waals surface area contributed by atoms with Crippen LogP contribution in [0.15, 0.2) is 40.2 Å². The molecule has 146 valence electrons. The van der Waals surface area contributed by atoms with E-state index in [1.807, 2.05) is 12.1 Å². The Morgan fingerprint density at radius 2 is 1.89 bits per heavy atom. The van der Waals surface area contributed by atoms with Crippen LogP contribution in [0.25, 0.3) is 11.1 Å². The Kier molecular flexibility index (Phi) is 5.51. The Balaban J connectivity index is 1.99. The summed E-state index contributed by atoms with van der Waals surface area (Å²) in [6, 6.07) is 7.25. The fraction of sp³-hybridized carbons (Fsp3) is 0.450. The van der Waals surface area contributed by atoms with E-state index >= 15 is 0 Å². The fourth-order valence-corrected chi connectivity index (χ4v) is 4.04. The highest BCUT2D eigenvalue weighted by Crippen LogP contribution is 2.36. The predicted molar refractivity (Wildman–Crippen MR) is 105 cm³/mol. The highest BCUT2D eigenvalue weighted by Gasteiger charge is 2.35. The number of hydrogen-bond donors (Lipinski definition) is 1. The van der Waals surface area contributed by atoms with E-state index in [9.17, 15) is 17.8 Å². The van der Waals surface area contributed by atoms with Crippen LogP contribution < -0.4 is 10.9 Å². The van der Waals surface area contributed by atoms with Crippen molar-refractivity contribution in [3.8, 4) is 11.1 Å². The van der Waals surface area contributed by atoms with Gasteiger partial charge < -0.3 is 9.88 Å². The number of anilines is 1. The largest absolute Gasteiger partial charge is 0.382 e. The monoisotopic (exact) mass is 394 g/mol. The summed E-state index contributed by atoms with van der Waals surface area (Å²) in [7, 11) is 0.543. The second-order valence-electron chi connectivity index (χ2n) is 7.26. The summed E-state index contributed by atoms with van der Waals surface area (Å²) in [4.78, 5) is 12.7. The van der Waals surface area contributed by atoms with Crippen molar-refractivity contribution in [3.63, 3.8) is 0 Å². The molecular weight excluding hydrogens is 370 g/mol. The zero-order valence-electron chi connectivity index (χ0n) is 15.7. The van der Waals surface area contributed by atoms with Crippen molar-refractivity contribution in [1.29, 1.82) is 0 Å². The second-order valence-corrected chi connectivity index (χ2v) is 8.64. The van der Waals surface area contributed by atoms with Crippen molar-refractivity contribution in [2.45, 2.75) is 49.5 Å². The molecule has 0 bridgehead atoms. The number of rotatable bonds is 4. The van der Waals surface area contributed by atoms with Crippen LogP contribution in [-0.2, 0) is 17.8 Å². The van der Waals surface area contributed by atoms with Crippen molar-refractivity contribution in [3.05, 3.63) is 46.4 Å². The van der Waals surface area contributed by atoms with Gasteiger partial charge in [-0.05, 0) is 44.0 Å². The molecule has 0 radical (unpaired) electrons. The van der Waals surface area contributed by atoms with Crippen LogP contribution in [0, 0.1) is 6.92 Å². The lowest BCUT2D eigenvalue weighted by molar-refractivity contribution is -0.0360. The molecule has 1 saturated carbocycles. The molecule has 1 heterocycles. The molecule has 1 aromatic carbocycles. The van der Waals surface area contributed by atoms with Crippen LogP contribution >= 0.6 is 0 Å². The molecule has 1 atom stereocenters. The molecule has 1 N–H and O–H groups in total. The van der Waals surface area contributed by atoms with Crippen molar-refractivity contribution >= 4 is 16.5 Å². The third-order valence-electron chi connectivity index (χ3n) is 5.07. The van der Waals surface area contributed by atoms with E-state index in [1.54, 1.807) is 38.6 Å². The molecule has 7 heteroatoms. The third-order valence-corrected chi connectivity index (χ3v) is 5.99. The topological polar surface area (TPSA) is 51.1 Å². The molecule has 0 spiro atoms. The molecule has 1 aromatic heterocycles. The van der Waals surface area contributed by atoms with E-state index in [-0.39, 0.29) is 24.4 Å². The molecule has 3 rings (SSSR count).